The maximum atomic E-state index is 12.1. The van der Waals surface area contributed by atoms with Gasteiger partial charge in [-0.25, -0.2) is 9.97 Å². The number of rotatable bonds is 4. The molecule has 0 radical (unpaired) electrons. The lowest BCUT2D eigenvalue weighted by Crippen LogP contribution is -2.45. The molecule has 1 aliphatic heterocycles. The molecule has 3 rings (SSSR count). The Labute approximate surface area is 132 Å². The third-order valence-electron chi connectivity index (χ3n) is 5.08. The Bertz CT molecular complexity index is 555. The minimum absolute atomic E-state index is 0.124. The van der Waals surface area contributed by atoms with Gasteiger partial charge < -0.3 is 9.64 Å². The smallest absolute Gasteiger partial charge is 0.311 e. The predicted octanol–water partition coefficient (Wildman–Crippen LogP) is 2.77. The number of carbonyl (C=O) groups excluding carboxylic acids is 1. The van der Waals surface area contributed by atoms with Crippen LogP contribution in [0.25, 0.3) is 0 Å². The molecular formula is C17H25N3O2. The number of carbonyl (C=O) groups is 1. The summed E-state index contributed by atoms with van der Waals surface area (Å²) in [6, 6.07) is 1.99. The molecule has 5 heteroatoms. The zero-order chi connectivity index (χ0) is 15.7. The van der Waals surface area contributed by atoms with Crippen molar-refractivity contribution >= 4 is 11.8 Å². The third kappa shape index (κ3) is 2.94. The van der Waals surface area contributed by atoms with Crippen molar-refractivity contribution in [1.82, 2.24) is 9.97 Å². The largest absolute Gasteiger partial charge is 0.469 e. The van der Waals surface area contributed by atoms with Crippen LogP contribution in [0.1, 0.15) is 51.3 Å². The second-order valence-corrected chi connectivity index (χ2v) is 7.05. The van der Waals surface area contributed by atoms with E-state index in [1.807, 2.05) is 26.1 Å². The monoisotopic (exact) mass is 303 g/mol. The summed E-state index contributed by atoms with van der Waals surface area (Å²) in [4.78, 5) is 23.5. The molecular weight excluding hydrogens is 278 g/mol. The maximum Gasteiger partial charge on any atom is 0.311 e. The molecule has 0 amide bonds. The van der Waals surface area contributed by atoms with E-state index in [2.05, 4.69) is 9.88 Å². The first-order chi connectivity index (χ1) is 10.5. The number of piperidine rings is 1. The van der Waals surface area contributed by atoms with Gasteiger partial charge in [0.1, 0.15) is 11.6 Å². The molecule has 0 bridgehead atoms. The van der Waals surface area contributed by atoms with Gasteiger partial charge in [0.15, 0.2) is 0 Å². The van der Waals surface area contributed by atoms with Crippen molar-refractivity contribution in [3.8, 4) is 0 Å². The van der Waals surface area contributed by atoms with E-state index < -0.39 is 5.41 Å². The summed E-state index contributed by atoms with van der Waals surface area (Å²) in [5.74, 6) is 2.70. The first-order valence-corrected chi connectivity index (χ1v) is 8.18. The number of hydrogen-bond acceptors (Lipinski definition) is 5. The molecule has 1 saturated heterocycles. The van der Waals surface area contributed by atoms with Crippen molar-refractivity contribution in [2.75, 3.05) is 25.1 Å². The van der Waals surface area contributed by atoms with Gasteiger partial charge in [-0.1, -0.05) is 0 Å². The Morgan fingerprint density at radius 3 is 2.82 bits per heavy atom. The maximum absolute atomic E-state index is 12.1. The van der Waals surface area contributed by atoms with Crippen molar-refractivity contribution < 1.29 is 9.53 Å². The Kier molecular flexibility index (Phi) is 4.06. The Hall–Kier alpha value is -1.65. The quantitative estimate of drug-likeness (QED) is 0.801. The van der Waals surface area contributed by atoms with E-state index >= 15 is 0 Å². The highest BCUT2D eigenvalue weighted by Crippen LogP contribution is 2.39. The van der Waals surface area contributed by atoms with Gasteiger partial charge in [0.25, 0.3) is 0 Å². The lowest BCUT2D eigenvalue weighted by atomic mass is 9.74. The molecule has 5 nitrogen and oxygen atoms in total. The van der Waals surface area contributed by atoms with E-state index in [9.17, 15) is 4.79 Å². The summed E-state index contributed by atoms with van der Waals surface area (Å²) in [5.41, 5.74) is -0.459. The molecule has 120 valence electrons. The van der Waals surface area contributed by atoms with E-state index in [-0.39, 0.29) is 11.9 Å². The first kappa shape index (κ1) is 15.3. The van der Waals surface area contributed by atoms with Crippen LogP contribution in [0, 0.1) is 11.3 Å². The highest BCUT2D eigenvalue weighted by molar-refractivity contribution is 5.76. The minimum Gasteiger partial charge on any atom is -0.469 e. The van der Waals surface area contributed by atoms with E-state index in [0.29, 0.717) is 5.92 Å². The second-order valence-electron chi connectivity index (χ2n) is 7.05. The van der Waals surface area contributed by atoms with Gasteiger partial charge in [-0.05, 0) is 51.5 Å². The van der Waals surface area contributed by atoms with Gasteiger partial charge in [0.2, 0.25) is 0 Å². The molecule has 2 fully saturated rings. The van der Waals surface area contributed by atoms with Crippen molar-refractivity contribution in [3.63, 3.8) is 0 Å². The molecule has 1 saturated carbocycles. The summed E-state index contributed by atoms with van der Waals surface area (Å²) in [6.07, 6.45) is 6.42. The van der Waals surface area contributed by atoms with Crippen LogP contribution in [0.5, 0.6) is 0 Å². The van der Waals surface area contributed by atoms with Crippen LogP contribution in [0.4, 0.5) is 5.82 Å². The van der Waals surface area contributed by atoms with Crippen LogP contribution < -0.4 is 4.90 Å². The van der Waals surface area contributed by atoms with Crippen LogP contribution in [0.15, 0.2) is 12.3 Å². The van der Waals surface area contributed by atoms with Gasteiger partial charge in [-0.3, -0.25) is 4.79 Å². The molecule has 1 aromatic rings. The Balaban J connectivity index is 1.75. The average Bonchev–Trinajstić information content (AvgIpc) is 3.39. The van der Waals surface area contributed by atoms with Gasteiger partial charge >= 0.3 is 5.97 Å². The second kappa shape index (κ2) is 5.86. The van der Waals surface area contributed by atoms with Gasteiger partial charge in [-0.15, -0.1) is 0 Å². The normalized spacial score (nSPS) is 22.5. The van der Waals surface area contributed by atoms with Crippen molar-refractivity contribution in [2.24, 2.45) is 11.3 Å². The van der Waals surface area contributed by atoms with E-state index in [0.717, 1.165) is 37.6 Å². The number of hydrogen-bond donors (Lipinski definition) is 0. The molecule has 2 heterocycles. The average molecular weight is 303 g/mol. The summed E-state index contributed by atoms with van der Waals surface area (Å²) >= 11 is 0. The van der Waals surface area contributed by atoms with Crippen molar-refractivity contribution in [2.45, 2.75) is 45.4 Å². The molecule has 1 unspecified atom stereocenters. The van der Waals surface area contributed by atoms with E-state index in [1.165, 1.54) is 20.0 Å². The summed E-state index contributed by atoms with van der Waals surface area (Å²) < 4.78 is 4.98. The molecule has 0 aromatic carbocycles. The summed E-state index contributed by atoms with van der Waals surface area (Å²) in [6.45, 7) is 5.82. The zero-order valence-corrected chi connectivity index (χ0v) is 13.7. The van der Waals surface area contributed by atoms with Crippen molar-refractivity contribution in [1.29, 1.82) is 0 Å². The Morgan fingerprint density at radius 2 is 2.14 bits per heavy atom. The number of ether oxygens (including phenoxy) is 1. The lowest BCUT2D eigenvalue weighted by Gasteiger charge is -2.40. The highest BCUT2D eigenvalue weighted by Gasteiger charge is 2.40. The predicted molar refractivity (Wildman–Crippen MR) is 84.7 cm³/mol. The van der Waals surface area contributed by atoms with Crippen LogP contribution >= 0.6 is 0 Å². The van der Waals surface area contributed by atoms with Crippen molar-refractivity contribution in [3.05, 3.63) is 18.1 Å². The fraction of sp³-hybridized carbons (Fsp3) is 0.706. The van der Waals surface area contributed by atoms with E-state index in [4.69, 9.17) is 9.72 Å². The number of nitrogens with zero attached hydrogens (tertiary/aromatic N) is 3. The van der Waals surface area contributed by atoms with Crippen LogP contribution in [0.2, 0.25) is 0 Å². The number of anilines is 1. The standard InChI is InChI=1S/C17H25N3O2/c1-17(2,16(21)22-3)13-5-4-10-20(11-13)14-8-9-18-15(19-14)12-6-7-12/h8-9,12-13H,4-7,10-11H2,1-3H3. The molecule has 22 heavy (non-hydrogen) atoms. The summed E-state index contributed by atoms with van der Waals surface area (Å²) in [5, 5.41) is 0. The number of esters is 1. The first-order valence-electron chi connectivity index (χ1n) is 8.18. The highest BCUT2D eigenvalue weighted by atomic mass is 16.5. The third-order valence-corrected chi connectivity index (χ3v) is 5.08. The molecule has 0 N–H and O–H groups in total. The zero-order valence-electron chi connectivity index (χ0n) is 13.7. The fourth-order valence-electron chi connectivity index (χ4n) is 3.28. The molecule has 0 spiro atoms. The minimum atomic E-state index is -0.459. The summed E-state index contributed by atoms with van der Waals surface area (Å²) in [7, 11) is 1.47. The molecule has 2 aliphatic rings. The van der Waals surface area contributed by atoms with Crippen LogP contribution in [-0.2, 0) is 9.53 Å². The van der Waals surface area contributed by atoms with Crippen LogP contribution in [0.3, 0.4) is 0 Å². The Morgan fingerprint density at radius 1 is 1.36 bits per heavy atom. The number of methoxy groups -OCH3 is 1. The van der Waals surface area contributed by atoms with Gasteiger partial charge in [0.05, 0.1) is 12.5 Å². The molecule has 1 atom stereocenters. The fourth-order valence-corrected chi connectivity index (χ4v) is 3.28. The van der Waals surface area contributed by atoms with Gasteiger partial charge in [-0.2, -0.15) is 0 Å². The van der Waals surface area contributed by atoms with Gasteiger partial charge in [0, 0.05) is 25.2 Å². The number of aromatic nitrogens is 2. The SMILES string of the molecule is COC(=O)C(C)(C)C1CCCN(c2ccnc(C3CC3)n2)C1. The topological polar surface area (TPSA) is 55.3 Å². The lowest BCUT2D eigenvalue weighted by molar-refractivity contribution is -0.154. The van der Waals surface area contributed by atoms with Crippen LogP contribution in [-0.4, -0.2) is 36.1 Å². The van der Waals surface area contributed by atoms with E-state index in [1.54, 1.807) is 0 Å². The molecule has 1 aliphatic carbocycles. The molecule has 1 aromatic heterocycles.